The standard InChI is InChI=1S/C19H28N2O3/c1-15-5-3-6-16(13-15)14-18(22)21-10-7-17(8-11-21)19(23)20-9-4-12-24-2/h3,5-6,13,17H,4,7-12,14H2,1-2H3,(H,20,23). The predicted octanol–water partition coefficient (Wildman–Crippen LogP) is 1.93. The summed E-state index contributed by atoms with van der Waals surface area (Å²) in [6.07, 6.45) is 2.76. The number of nitrogens with zero attached hydrogens (tertiary/aromatic N) is 1. The van der Waals surface area contributed by atoms with Gasteiger partial charge in [0.1, 0.15) is 0 Å². The minimum Gasteiger partial charge on any atom is -0.385 e. The van der Waals surface area contributed by atoms with E-state index in [9.17, 15) is 9.59 Å². The fourth-order valence-electron chi connectivity index (χ4n) is 3.07. The summed E-state index contributed by atoms with van der Waals surface area (Å²) in [6, 6.07) is 8.06. The molecule has 2 amide bonds. The molecule has 1 aromatic carbocycles. The summed E-state index contributed by atoms with van der Waals surface area (Å²) in [7, 11) is 1.66. The zero-order chi connectivity index (χ0) is 17.4. The molecule has 132 valence electrons. The van der Waals surface area contributed by atoms with Crippen molar-refractivity contribution in [3.63, 3.8) is 0 Å². The molecule has 0 aromatic heterocycles. The lowest BCUT2D eigenvalue weighted by atomic mass is 9.95. The topological polar surface area (TPSA) is 58.6 Å². The smallest absolute Gasteiger partial charge is 0.226 e. The zero-order valence-corrected chi connectivity index (χ0v) is 14.7. The van der Waals surface area contributed by atoms with Gasteiger partial charge in [-0.3, -0.25) is 9.59 Å². The number of hydrogen-bond donors (Lipinski definition) is 1. The summed E-state index contributed by atoms with van der Waals surface area (Å²) in [4.78, 5) is 26.4. The van der Waals surface area contributed by atoms with Gasteiger partial charge in [0.25, 0.3) is 0 Å². The number of nitrogens with one attached hydrogen (secondary N) is 1. The first-order valence-electron chi connectivity index (χ1n) is 8.70. The maximum atomic E-state index is 12.4. The highest BCUT2D eigenvalue weighted by Gasteiger charge is 2.27. The highest BCUT2D eigenvalue weighted by Crippen LogP contribution is 2.18. The number of carbonyl (C=O) groups is 2. The molecule has 1 N–H and O–H groups in total. The van der Waals surface area contributed by atoms with Gasteiger partial charge in [-0.1, -0.05) is 29.8 Å². The Morgan fingerprint density at radius 2 is 2.04 bits per heavy atom. The van der Waals surface area contributed by atoms with Gasteiger partial charge in [0.2, 0.25) is 11.8 Å². The molecule has 1 saturated heterocycles. The number of ether oxygens (including phenoxy) is 1. The lowest BCUT2D eigenvalue weighted by Gasteiger charge is -2.31. The van der Waals surface area contributed by atoms with Gasteiger partial charge in [-0.15, -0.1) is 0 Å². The van der Waals surface area contributed by atoms with E-state index in [1.54, 1.807) is 7.11 Å². The third kappa shape index (κ3) is 5.64. The Labute approximate surface area is 144 Å². The molecule has 1 aliphatic rings. The van der Waals surface area contributed by atoms with E-state index in [1.165, 1.54) is 5.56 Å². The van der Waals surface area contributed by atoms with Crippen LogP contribution in [0.5, 0.6) is 0 Å². The van der Waals surface area contributed by atoms with Crippen LogP contribution < -0.4 is 5.32 Å². The molecule has 5 nitrogen and oxygen atoms in total. The van der Waals surface area contributed by atoms with Crippen molar-refractivity contribution in [1.29, 1.82) is 0 Å². The van der Waals surface area contributed by atoms with E-state index in [0.29, 0.717) is 32.7 Å². The van der Waals surface area contributed by atoms with Crippen LogP contribution in [0, 0.1) is 12.8 Å². The molecule has 2 rings (SSSR count). The predicted molar refractivity (Wildman–Crippen MR) is 93.7 cm³/mol. The Morgan fingerprint density at radius 1 is 1.29 bits per heavy atom. The number of piperidine rings is 1. The molecule has 5 heteroatoms. The van der Waals surface area contributed by atoms with Crippen molar-refractivity contribution in [1.82, 2.24) is 10.2 Å². The van der Waals surface area contributed by atoms with Gasteiger partial charge >= 0.3 is 0 Å². The monoisotopic (exact) mass is 332 g/mol. The summed E-state index contributed by atoms with van der Waals surface area (Å²) in [5.41, 5.74) is 2.22. The molecule has 1 aliphatic heterocycles. The van der Waals surface area contributed by atoms with Gasteiger partial charge < -0.3 is 15.0 Å². The number of carbonyl (C=O) groups excluding carboxylic acids is 2. The number of hydrogen-bond acceptors (Lipinski definition) is 3. The molecular formula is C19H28N2O3. The third-order valence-corrected chi connectivity index (χ3v) is 4.48. The van der Waals surface area contributed by atoms with Gasteiger partial charge in [0.15, 0.2) is 0 Å². The number of benzene rings is 1. The first-order valence-corrected chi connectivity index (χ1v) is 8.70. The minimum absolute atomic E-state index is 0.0237. The summed E-state index contributed by atoms with van der Waals surface area (Å²) < 4.78 is 4.97. The lowest BCUT2D eigenvalue weighted by Crippen LogP contribution is -2.43. The third-order valence-electron chi connectivity index (χ3n) is 4.48. The first-order chi connectivity index (χ1) is 11.6. The number of aryl methyl sites for hydroxylation is 1. The first kappa shape index (κ1) is 18.5. The minimum atomic E-state index is 0.0237. The molecule has 1 fully saturated rings. The molecule has 24 heavy (non-hydrogen) atoms. The van der Waals surface area contributed by atoms with Crippen LogP contribution in [-0.4, -0.2) is 50.1 Å². The largest absolute Gasteiger partial charge is 0.385 e. The van der Waals surface area contributed by atoms with Crippen molar-refractivity contribution in [3.8, 4) is 0 Å². The van der Waals surface area contributed by atoms with Gasteiger partial charge in [-0.2, -0.15) is 0 Å². The van der Waals surface area contributed by atoms with Crippen LogP contribution in [-0.2, 0) is 20.7 Å². The maximum Gasteiger partial charge on any atom is 0.226 e. The number of amides is 2. The summed E-state index contributed by atoms with van der Waals surface area (Å²) in [6.45, 7) is 4.68. The Balaban J connectivity index is 1.73. The fourth-order valence-corrected chi connectivity index (χ4v) is 3.07. The Hall–Kier alpha value is -1.88. The van der Waals surface area contributed by atoms with E-state index in [2.05, 4.69) is 11.4 Å². The van der Waals surface area contributed by atoms with Crippen molar-refractivity contribution in [2.75, 3.05) is 33.4 Å². The van der Waals surface area contributed by atoms with Gasteiger partial charge in [-0.25, -0.2) is 0 Å². The summed E-state index contributed by atoms with van der Waals surface area (Å²) >= 11 is 0. The van der Waals surface area contributed by atoms with Crippen LogP contribution in [0.1, 0.15) is 30.4 Å². The highest BCUT2D eigenvalue weighted by molar-refractivity contribution is 5.81. The van der Waals surface area contributed by atoms with Gasteiger partial charge in [0.05, 0.1) is 6.42 Å². The summed E-state index contributed by atoms with van der Waals surface area (Å²) in [5, 5.41) is 2.95. The second-order valence-corrected chi connectivity index (χ2v) is 6.46. The fraction of sp³-hybridized carbons (Fsp3) is 0.579. The highest BCUT2D eigenvalue weighted by atomic mass is 16.5. The van der Waals surface area contributed by atoms with E-state index < -0.39 is 0 Å². The SMILES string of the molecule is COCCCNC(=O)C1CCN(C(=O)Cc2cccc(C)c2)CC1. The van der Waals surface area contributed by atoms with Crippen molar-refractivity contribution in [2.24, 2.45) is 5.92 Å². The molecule has 1 heterocycles. The van der Waals surface area contributed by atoms with E-state index in [0.717, 1.165) is 24.8 Å². The molecule has 0 radical (unpaired) electrons. The molecule has 1 aromatic rings. The molecular weight excluding hydrogens is 304 g/mol. The molecule has 0 spiro atoms. The van der Waals surface area contributed by atoms with Crippen LogP contribution in [0.2, 0.25) is 0 Å². The Bertz CT molecular complexity index is 551. The van der Waals surface area contributed by atoms with Crippen molar-refractivity contribution >= 4 is 11.8 Å². The van der Waals surface area contributed by atoms with E-state index >= 15 is 0 Å². The zero-order valence-electron chi connectivity index (χ0n) is 14.7. The number of methoxy groups -OCH3 is 1. The molecule has 0 atom stereocenters. The van der Waals surface area contributed by atoms with Gasteiger partial charge in [0, 0.05) is 39.3 Å². The van der Waals surface area contributed by atoms with E-state index in [-0.39, 0.29) is 17.7 Å². The van der Waals surface area contributed by atoms with Crippen LogP contribution in [0.4, 0.5) is 0 Å². The molecule has 0 bridgehead atoms. The molecule has 0 aliphatic carbocycles. The average Bonchev–Trinajstić information content (AvgIpc) is 2.58. The normalized spacial score (nSPS) is 15.3. The van der Waals surface area contributed by atoms with Crippen LogP contribution in [0.15, 0.2) is 24.3 Å². The molecule has 0 unspecified atom stereocenters. The lowest BCUT2D eigenvalue weighted by molar-refractivity contribution is -0.135. The van der Waals surface area contributed by atoms with E-state index in [4.69, 9.17) is 4.74 Å². The summed E-state index contributed by atoms with van der Waals surface area (Å²) in [5.74, 6) is 0.284. The van der Waals surface area contributed by atoms with E-state index in [1.807, 2.05) is 30.0 Å². The Morgan fingerprint density at radius 3 is 2.71 bits per heavy atom. The number of rotatable bonds is 7. The van der Waals surface area contributed by atoms with Crippen LogP contribution >= 0.6 is 0 Å². The van der Waals surface area contributed by atoms with Crippen molar-refractivity contribution < 1.29 is 14.3 Å². The van der Waals surface area contributed by atoms with Crippen molar-refractivity contribution in [2.45, 2.75) is 32.6 Å². The second-order valence-electron chi connectivity index (χ2n) is 6.46. The average molecular weight is 332 g/mol. The van der Waals surface area contributed by atoms with Crippen molar-refractivity contribution in [3.05, 3.63) is 35.4 Å². The quantitative estimate of drug-likeness (QED) is 0.776. The number of likely N-dealkylation sites (tertiary alicyclic amines) is 1. The van der Waals surface area contributed by atoms with Gasteiger partial charge in [-0.05, 0) is 31.7 Å². The Kier molecular flexibility index (Phi) is 7.25. The second kappa shape index (κ2) is 9.42. The van der Waals surface area contributed by atoms with Crippen LogP contribution in [0.3, 0.4) is 0 Å². The molecule has 0 saturated carbocycles. The maximum absolute atomic E-state index is 12.4. The van der Waals surface area contributed by atoms with Crippen LogP contribution in [0.25, 0.3) is 0 Å².